The van der Waals surface area contributed by atoms with Crippen LogP contribution in [0.2, 0.25) is 0 Å². The standard InChI is InChI=1S/C22H26N4O2/c1-16-24-20-9-6-5-8-19(20)22(25-16)26-17-11-13-18(14-12-17)28-15-7-3-4-10-21(27)23-2/h5-6,8-9,11-14H,3-4,7,10,15H2,1-2H3,(H,23,27)(H,24,25,26). The van der Waals surface area contributed by atoms with Crippen LogP contribution in [0.3, 0.4) is 0 Å². The van der Waals surface area contributed by atoms with Crippen molar-refractivity contribution in [2.45, 2.75) is 32.6 Å². The number of carbonyl (C=O) groups is 1. The topological polar surface area (TPSA) is 76.1 Å². The van der Waals surface area contributed by atoms with Crippen molar-refractivity contribution >= 4 is 28.3 Å². The summed E-state index contributed by atoms with van der Waals surface area (Å²) >= 11 is 0. The number of anilines is 2. The number of nitrogens with one attached hydrogen (secondary N) is 2. The third kappa shape index (κ3) is 5.42. The van der Waals surface area contributed by atoms with Crippen molar-refractivity contribution in [1.82, 2.24) is 15.3 Å². The Balaban J connectivity index is 1.52. The summed E-state index contributed by atoms with van der Waals surface area (Å²) in [6, 6.07) is 15.8. The van der Waals surface area contributed by atoms with Crippen molar-refractivity contribution in [2.75, 3.05) is 19.0 Å². The van der Waals surface area contributed by atoms with Gasteiger partial charge in [0.15, 0.2) is 0 Å². The van der Waals surface area contributed by atoms with Crippen LogP contribution >= 0.6 is 0 Å². The van der Waals surface area contributed by atoms with E-state index in [9.17, 15) is 4.79 Å². The van der Waals surface area contributed by atoms with Crippen LogP contribution in [0, 0.1) is 6.92 Å². The number of benzene rings is 2. The number of hydrogen-bond donors (Lipinski definition) is 2. The summed E-state index contributed by atoms with van der Waals surface area (Å²) in [4.78, 5) is 20.2. The van der Waals surface area contributed by atoms with Gasteiger partial charge in [-0.25, -0.2) is 9.97 Å². The number of unbranched alkanes of at least 4 members (excludes halogenated alkanes) is 2. The van der Waals surface area contributed by atoms with Crippen LogP contribution in [0.1, 0.15) is 31.5 Å². The lowest BCUT2D eigenvalue weighted by Crippen LogP contribution is -2.16. The van der Waals surface area contributed by atoms with Gasteiger partial charge in [0.25, 0.3) is 0 Å². The Morgan fingerprint density at radius 2 is 1.79 bits per heavy atom. The van der Waals surface area contributed by atoms with E-state index in [1.807, 2.05) is 55.5 Å². The zero-order chi connectivity index (χ0) is 19.8. The summed E-state index contributed by atoms with van der Waals surface area (Å²) < 4.78 is 5.78. The third-order valence-corrected chi connectivity index (χ3v) is 4.43. The Labute approximate surface area is 165 Å². The second kappa shape index (κ2) is 9.69. The van der Waals surface area contributed by atoms with Crippen LogP contribution in [0.15, 0.2) is 48.5 Å². The minimum atomic E-state index is 0.0932. The molecule has 0 saturated carbocycles. The number of para-hydroxylation sites is 1. The molecular weight excluding hydrogens is 352 g/mol. The van der Waals surface area contributed by atoms with Gasteiger partial charge in [0.2, 0.25) is 5.91 Å². The van der Waals surface area contributed by atoms with Crippen LogP contribution < -0.4 is 15.4 Å². The monoisotopic (exact) mass is 378 g/mol. The fraction of sp³-hybridized carbons (Fsp3) is 0.318. The number of aryl methyl sites for hydroxylation is 1. The summed E-state index contributed by atoms with van der Waals surface area (Å²) in [6.45, 7) is 2.54. The normalized spacial score (nSPS) is 10.6. The molecule has 0 aliphatic carbocycles. The molecule has 2 N–H and O–H groups in total. The highest BCUT2D eigenvalue weighted by Crippen LogP contribution is 2.25. The molecule has 0 aliphatic heterocycles. The van der Waals surface area contributed by atoms with Gasteiger partial charge in [-0.3, -0.25) is 4.79 Å². The van der Waals surface area contributed by atoms with Crippen LogP contribution in [0.5, 0.6) is 5.75 Å². The van der Waals surface area contributed by atoms with Gasteiger partial charge in [0.05, 0.1) is 12.1 Å². The van der Waals surface area contributed by atoms with E-state index in [-0.39, 0.29) is 5.91 Å². The number of fused-ring (bicyclic) bond motifs is 1. The first-order valence-corrected chi connectivity index (χ1v) is 9.59. The van der Waals surface area contributed by atoms with Gasteiger partial charge in [-0.1, -0.05) is 12.1 Å². The summed E-state index contributed by atoms with van der Waals surface area (Å²) in [5.74, 6) is 2.46. The zero-order valence-corrected chi connectivity index (χ0v) is 16.4. The Hall–Kier alpha value is -3.15. The molecular formula is C22H26N4O2. The smallest absolute Gasteiger partial charge is 0.219 e. The van der Waals surface area contributed by atoms with Gasteiger partial charge in [-0.05, 0) is 62.6 Å². The number of ether oxygens (including phenoxy) is 1. The molecule has 1 heterocycles. The van der Waals surface area contributed by atoms with E-state index in [1.165, 1.54) is 0 Å². The lowest BCUT2D eigenvalue weighted by molar-refractivity contribution is -0.120. The van der Waals surface area contributed by atoms with Gasteiger partial charge in [-0.15, -0.1) is 0 Å². The van der Waals surface area contributed by atoms with Crippen molar-refractivity contribution in [1.29, 1.82) is 0 Å². The number of amides is 1. The minimum Gasteiger partial charge on any atom is -0.494 e. The fourth-order valence-electron chi connectivity index (χ4n) is 2.94. The van der Waals surface area contributed by atoms with Gasteiger partial charge in [0, 0.05) is 24.5 Å². The average Bonchev–Trinajstić information content (AvgIpc) is 2.71. The Morgan fingerprint density at radius 3 is 2.57 bits per heavy atom. The fourth-order valence-corrected chi connectivity index (χ4v) is 2.94. The first-order chi connectivity index (χ1) is 13.7. The van der Waals surface area contributed by atoms with Crippen LogP contribution in [0.25, 0.3) is 10.9 Å². The van der Waals surface area contributed by atoms with E-state index in [4.69, 9.17) is 4.74 Å². The van der Waals surface area contributed by atoms with Gasteiger partial charge in [-0.2, -0.15) is 0 Å². The molecule has 0 spiro atoms. The van der Waals surface area contributed by atoms with E-state index in [0.29, 0.717) is 13.0 Å². The molecule has 146 valence electrons. The zero-order valence-electron chi connectivity index (χ0n) is 16.4. The molecule has 1 amide bonds. The average molecular weight is 378 g/mol. The summed E-state index contributed by atoms with van der Waals surface area (Å²) in [5, 5.41) is 6.99. The van der Waals surface area contributed by atoms with E-state index >= 15 is 0 Å². The highest BCUT2D eigenvalue weighted by Gasteiger charge is 2.06. The first-order valence-electron chi connectivity index (χ1n) is 9.59. The van der Waals surface area contributed by atoms with Gasteiger partial charge < -0.3 is 15.4 Å². The predicted molar refractivity (Wildman–Crippen MR) is 112 cm³/mol. The van der Waals surface area contributed by atoms with E-state index in [0.717, 1.165) is 53.2 Å². The van der Waals surface area contributed by atoms with Crippen LogP contribution in [0.4, 0.5) is 11.5 Å². The molecule has 28 heavy (non-hydrogen) atoms. The second-order valence-corrected chi connectivity index (χ2v) is 6.62. The number of hydrogen-bond acceptors (Lipinski definition) is 5. The van der Waals surface area contributed by atoms with Gasteiger partial charge in [0.1, 0.15) is 17.4 Å². The van der Waals surface area contributed by atoms with Crippen molar-refractivity contribution in [3.8, 4) is 5.75 Å². The second-order valence-electron chi connectivity index (χ2n) is 6.62. The molecule has 0 aliphatic rings. The van der Waals surface area contributed by atoms with Crippen molar-refractivity contribution < 1.29 is 9.53 Å². The molecule has 0 atom stereocenters. The molecule has 3 rings (SSSR count). The number of rotatable bonds is 9. The summed E-state index contributed by atoms with van der Waals surface area (Å²) in [7, 11) is 1.67. The quantitative estimate of drug-likeness (QED) is 0.541. The largest absolute Gasteiger partial charge is 0.494 e. The molecule has 1 aromatic heterocycles. The highest BCUT2D eigenvalue weighted by atomic mass is 16.5. The molecule has 6 heteroatoms. The molecule has 2 aromatic carbocycles. The van der Waals surface area contributed by atoms with Crippen LogP contribution in [-0.2, 0) is 4.79 Å². The maximum Gasteiger partial charge on any atom is 0.219 e. The van der Waals surface area contributed by atoms with Crippen LogP contribution in [-0.4, -0.2) is 29.5 Å². The lowest BCUT2D eigenvalue weighted by atomic mass is 10.2. The SMILES string of the molecule is CNC(=O)CCCCCOc1ccc(Nc2nc(C)nc3ccccc23)cc1. The maximum atomic E-state index is 11.2. The van der Waals surface area contributed by atoms with Crippen molar-refractivity contribution in [3.05, 3.63) is 54.4 Å². The Kier molecular flexibility index (Phi) is 6.78. The Bertz CT molecular complexity index is 925. The van der Waals surface area contributed by atoms with Crippen molar-refractivity contribution in [2.24, 2.45) is 0 Å². The number of carbonyl (C=O) groups excluding carboxylic acids is 1. The maximum absolute atomic E-state index is 11.2. The Morgan fingerprint density at radius 1 is 1.00 bits per heavy atom. The molecule has 3 aromatic rings. The van der Waals surface area contributed by atoms with E-state index < -0.39 is 0 Å². The molecule has 6 nitrogen and oxygen atoms in total. The third-order valence-electron chi connectivity index (χ3n) is 4.43. The molecule has 0 fully saturated rings. The van der Waals surface area contributed by atoms with E-state index in [2.05, 4.69) is 20.6 Å². The number of nitrogens with zero attached hydrogens (tertiary/aromatic N) is 2. The first kappa shape index (κ1) is 19.6. The number of aromatic nitrogens is 2. The molecule has 0 unspecified atom stereocenters. The molecule has 0 bridgehead atoms. The highest BCUT2D eigenvalue weighted by molar-refractivity contribution is 5.90. The summed E-state index contributed by atoms with van der Waals surface area (Å²) in [5.41, 5.74) is 1.87. The minimum absolute atomic E-state index is 0.0932. The summed E-state index contributed by atoms with van der Waals surface area (Å²) in [6.07, 6.45) is 3.38. The molecule has 0 radical (unpaired) electrons. The lowest BCUT2D eigenvalue weighted by Gasteiger charge is -2.11. The predicted octanol–water partition coefficient (Wildman–Crippen LogP) is 4.37. The van der Waals surface area contributed by atoms with Crippen molar-refractivity contribution in [3.63, 3.8) is 0 Å². The molecule has 0 saturated heterocycles. The van der Waals surface area contributed by atoms with E-state index in [1.54, 1.807) is 7.05 Å². The van der Waals surface area contributed by atoms with Gasteiger partial charge >= 0.3 is 0 Å².